The Bertz CT molecular complexity index is 575. The molecule has 0 saturated carbocycles. The van der Waals surface area contributed by atoms with Gasteiger partial charge in [-0.1, -0.05) is 29.8 Å². The Balaban J connectivity index is 2.10. The van der Waals surface area contributed by atoms with E-state index in [0.29, 0.717) is 19.1 Å². The van der Waals surface area contributed by atoms with Gasteiger partial charge in [-0.15, -0.1) is 0 Å². The number of aryl methyl sites for hydroxylation is 1. The first kappa shape index (κ1) is 14.0. The van der Waals surface area contributed by atoms with E-state index in [4.69, 9.17) is 10.6 Å². The minimum absolute atomic E-state index is 0.238. The van der Waals surface area contributed by atoms with Crippen molar-refractivity contribution in [1.29, 1.82) is 0 Å². The number of hydrazine groups is 1. The zero-order valence-corrected chi connectivity index (χ0v) is 11.6. The van der Waals surface area contributed by atoms with Crippen molar-refractivity contribution in [2.24, 2.45) is 5.84 Å². The van der Waals surface area contributed by atoms with Gasteiger partial charge in [0.25, 0.3) is 0 Å². The lowest BCUT2D eigenvalue weighted by Gasteiger charge is -2.09. The quantitative estimate of drug-likeness (QED) is 0.542. The molecule has 2 rings (SSSR count). The molecule has 2 aromatic rings. The number of rotatable bonds is 6. The topological polar surface area (TPSA) is 98.0 Å². The molecule has 1 aromatic heterocycles. The first-order valence-electron chi connectivity index (χ1n) is 6.36. The van der Waals surface area contributed by atoms with E-state index in [0.717, 1.165) is 5.56 Å². The summed E-state index contributed by atoms with van der Waals surface area (Å²) in [7, 11) is 0. The molecule has 0 radical (unpaired) electrons. The smallest absolute Gasteiger partial charge is 0.323 e. The molecule has 4 N–H and O–H groups in total. The standard InChI is InChI=1S/C13H18N6O/c1-3-20-13-17-11(16-12(18-13)19-14)15-8-10-6-4-5-9(2)7-10/h4-7H,3,8,14H2,1-2H3,(H2,15,16,17,18,19). The maximum Gasteiger partial charge on any atom is 0.323 e. The Labute approximate surface area is 117 Å². The molecule has 0 unspecified atom stereocenters. The van der Waals surface area contributed by atoms with Gasteiger partial charge in [0.15, 0.2) is 0 Å². The highest BCUT2D eigenvalue weighted by Gasteiger charge is 2.06. The minimum Gasteiger partial charge on any atom is -0.464 e. The Morgan fingerprint density at radius 3 is 2.70 bits per heavy atom. The third-order valence-corrected chi connectivity index (χ3v) is 2.55. The molecule has 1 aromatic carbocycles. The summed E-state index contributed by atoms with van der Waals surface area (Å²) in [4.78, 5) is 12.3. The van der Waals surface area contributed by atoms with Gasteiger partial charge in [0, 0.05) is 6.54 Å². The molecule has 0 spiro atoms. The highest BCUT2D eigenvalue weighted by molar-refractivity contribution is 5.36. The van der Waals surface area contributed by atoms with Crippen LogP contribution in [0.3, 0.4) is 0 Å². The molecule has 0 atom stereocenters. The number of benzene rings is 1. The Morgan fingerprint density at radius 1 is 1.20 bits per heavy atom. The summed E-state index contributed by atoms with van der Waals surface area (Å²) in [6.07, 6.45) is 0. The number of nitrogens with two attached hydrogens (primary N) is 1. The predicted molar refractivity (Wildman–Crippen MR) is 77.3 cm³/mol. The van der Waals surface area contributed by atoms with Crippen LogP contribution < -0.4 is 21.3 Å². The maximum atomic E-state index is 5.32. The number of hydrogen-bond acceptors (Lipinski definition) is 7. The molecule has 0 fully saturated rings. The maximum absolute atomic E-state index is 5.32. The summed E-state index contributed by atoms with van der Waals surface area (Å²) in [6, 6.07) is 8.43. The van der Waals surface area contributed by atoms with Crippen molar-refractivity contribution in [2.45, 2.75) is 20.4 Å². The third kappa shape index (κ3) is 3.79. The van der Waals surface area contributed by atoms with Crippen LogP contribution in [0, 0.1) is 6.92 Å². The second kappa shape index (κ2) is 6.67. The van der Waals surface area contributed by atoms with Crippen LogP contribution in [0.4, 0.5) is 11.9 Å². The number of anilines is 2. The van der Waals surface area contributed by atoms with Gasteiger partial charge in [-0.3, -0.25) is 5.43 Å². The molecule has 106 valence electrons. The fourth-order valence-corrected chi connectivity index (χ4v) is 1.70. The van der Waals surface area contributed by atoms with E-state index >= 15 is 0 Å². The molecular weight excluding hydrogens is 256 g/mol. The zero-order chi connectivity index (χ0) is 14.4. The van der Waals surface area contributed by atoms with Gasteiger partial charge in [-0.25, -0.2) is 5.84 Å². The largest absolute Gasteiger partial charge is 0.464 e. The Hall–Kier alpha value is -2.41. The van der Waals surface area contributed by atoms with Gasteiger partial charge >= 0.3 is 6.01 Å². The summed E-state index contributed by atoms with van der Waals surface area (Å²) in [5.41, 5.74) is 4.74. The summed E-state index contributed by atoms with van der Waals surface area (Å²) >= 11 is 0. The molecule has 0 saturated heterocycles. The van der Waals surface area contributed by atoms with Crippen molar-refractivity contribution < 1.29 is 4.74 Å². The lowest BCUT2D eigenvalue weighted by molar-refractivity contribution is 0.312. The second-order valence-corrected chi connectivity index (χ2v) is 4.19. The number of nitrogens with one attached hydrogen (secondary N) is 2. The van der Waals surface area contributed by atoms with Crippen molar-refractivity contribution in [3.05, 3.63) is 35.4 Å². The second-order valence-electron chi connectivity index (χ2n) is 4.19. The van der Waals surface area contributed by atoms with Crippen LogP contribution in [0.2, 0.25) is 0 Å². The van der Waals surface area contributed by atoms with Gasteiger partial charge in [0.2, 0.25) is 11.9 Å². The van der Waals surface area contributed by atoms with E-state index in [9.17, 15) is 0 Å². The number of ether oxygens (including phenoxy) is 1. The molecule has 7 heteroatoms. The molecule has 0 amide bonds. The summed E-state index contributed by atoms with van der Waals surface area (Å²) in [5, 5.41) is 3.12. The average Bonchev–Trinajstić information content (AvgIpc) is 2.45. The third-order valence-electron chi connectivity index (χ3n) is 2.55. The lowest BCUT2D eigenvalue weighted by Crippen LogP contribution is -2.14. The van der Waals surface area contributed by atoms with Crippen LogP contribution in [-0.4, -0.2) is 21.6 Å². The van der Waals surface area contributed by atoms with E-state index in [2.05, 4.69) is 44.8 Å². The van der Waals surface area contributed by atoms with Crippen molar-refractivity contribution >= 4 is 11.9 Å². The van der Waals surface area contributed by atoms with Crippen LogP contribution in [-0.2, 0) is 6.54 Å². The molecule has 0 bridgehead atoms. The van der Waals surface area contributed by atoms with E-state index in [1.165, 1.54) is 5.56 Å². The summed E-state index contributed by atoms with van der Waals surface area (Å²) in [6.45, 7) is 5.00. The molecule has 7 nitrogen and oxygen atoms in total. The summed E-state index contributed by atoms with van der Waals surface area (Å²) < 4.78 is 5.26. The predicted octanol–water partition coefficient (Wildman–Crippen LogP) is 1.48. The highest BCUT2D eigenvalue weighted by atomic mass is 16.5. The first-order chi connectivity index (χ1) is 9.71. The van der Waals surface area contributed by atoms with Crippen molar-refractivity contribution in [3.63, 3.8) is 0 Å². The average molecular weight is 274 g/mol. The molecule has 1 heterocycles. The fourth-order valence-electron chi connectivity index (χ4n) is 1.70. The molecule has 0 aliphatic rings. The lowest BCUT2D eigenvalue weighted by atomic mass is 10.1. The monoisotopic (exact) mass is 274 g/mol. The van der Waals surface area contributed by atoms with Crippen LogP contribution in [0.1, 0.15) is 18.1 Å². The van der Waals surface area contributed by atoms with Crippen LogP contribution >= 0.6 is 0 Å². The van der Waals surface area contributed by atoms with Crippen molar-refractivity contribution in [2.75, 3.05) is 17.3 Å². The van der Waals surface area contributed by atoms with Crippen LogP contribution in [0.25, 0.3) is 0 Å². The number of nitrogen functional groups attached to an aromatic ring is 1. The van der Waals surface area contributed by atoms with Gasteiger partial charge in [-0.05, 0) is 19.4 Å². The van der Waals surface area contributed by atoms with E-state index in [-0.39, 0.29) is 12.0 Å². The first-order valence-corrected chi connectivity index (χ1v) is 6.36. The number of aromatic nitrogens is 3. The van der Waals surface area contributed by atoms with Crippen molar-refractivity contribution in [3.8, 4) is 6.01 Å². The molecule has 0 aliphatic heterocycles. The number of hydrogen-bond donors (Lipinski definition) is 3. The SMILES string of the molecule is CCOc1nc(NN)nc(NCc2cccc(C)c2)n1. The van der Waals surface area contributed by atoms with Gasteiger partial charge in [0.1, 0.15) is 0 Å². The van der Waals surface area contributed by atoms with E-state index < -0.39 is 0 Å². The minimum atomic E-state index is 0.238. The van der Waals surface area contributed by atoms with Gasteiger partial charge in [0.05, 0.1) is 6.61 Å². The van der Waals surface area contributed by atoms with E-state index in [1.54, 1.807) is 0 Å². The van der Waals surface area contributed by atoms with Crippen LogP contribution in [0.15, 0.2) is 24.3 Å². The normalized spacial score (nSPS) is 10.2. The van der Waals surface area contributed by atoms with Gasteiger partial charge in [-0.2, -0.15) is 15.0 Å². The molecular formula is C13H18N6O. The Kier molecular flexibility index (Phi) is 4.67. The molecule has 0 aliphatic carbocycles. The Morgan fingerprint density at radius 2 is 2.00 bits per heavy atom. The van der Waals surface area contributed by atoms with Gasteiger partial charge < -0.3 is 10.1 Å². The van der Waals surface area contributed by atoms with Crippen molar-refractivity contribution in [1.82, 2.24) is 15.0 Å². The fraction of sp³-hybridized carbons (Fsp3) is 0.308. The zero-order valence-electron chi connectivity index (χ0n) is 11.6. The highest BCUT2D eigenvalue weighted by Crippen LogP contribution is 2.12. The molecule has 20 heavy (non-hydrogen) atoms. The van der Waals surface area contributed by atoms with E-state index in [1.807, 2.05) is 19.1 Å². The summed E-state index contributed by atoms with van der Waals surface area (Å²) in [5.74, 6) is 6.00. The van der Waals surface area contributed by atoms with Crippen LogP contribution in [0.5, 0.6) is 6.01 Å². The number of nitrogens with zero attached hydrogens (tertiary/aromatic N) is 3.